The number of hydrogen-bond donors (Lipinski definition) is 0. The maximum absolute atomic E-state index is 12.8. The van der Waals surface area contributed by atoms with Crippen molar-refractivity contribution in [3.63, 3.8) is 0 Å². The fourth-order valence-electron chi connectivity index (χ4n) is 3.10. The summed E-state index contributed by atoms with van der Waals surface area (Å²) in [7, 11) is -3.82. The van der Waals surface area contributed by atoms with Gasteiger partial charge in [0.25, 0.3) is 5.69 Å². The van der Waals surface area contributed by atoms with E-state index in [9.17, 15) is 18.5 Å². The summed E-state index contributed by atoms with van der Waals surface area (Å²) >= 11 is 0. The van der Waals surface area contributed by atoms with Gasteiger partial charge in [-0.15, -0.1) is 0 Å². The molecule has 0 amide bonds. The number of para-hydroxylation sites is 2. The molecule has 0 atom stereocenters. The van der Waals surface area contributed by atoms with E-state index in [2.05, 4.69) is 4.98 Å². The molecule has 27 heavy (non-hydrogen) atoms. The standard InChI is InChI=1S/C17H16N4O5S/c22-21(23)17-11-13(27(24,25)19-7-9-26-10-8-19)5-6-16(17)20-12-18-14-3-1-2-4-15(14)20/h1-6,11-12H,7-10H2. The van der Waals surface area contributed by atoms with Crippen LogP contribution in [-0.4, -0.2) is 53.5 Å². The Kier molecular flexibility index (Phi) is 4.38. The van der Waals surface area contributed by atoms with Crippen LogP contribution in [0.3, 0.4) is 0 Å². The Hall–Kier alpha value is -2.82. The average molecular weight is 388 g/mol. The van der Waals surface area contributed by atoms with Gasteiger partial charge in [0.2, 0.25) is 10.0 Å². The Bertz CT molecular complexity index is 1120. The highest BCUT2D eigenvalue weighted by atomic mass is 32.2. The molecule has 0 unspecified atom stereocenters. The van der Waals surface area contributed by atoms with Crippen molar-refractivity contribution in [1.82, 2.24) is 13.9 Å². The number of fused-ring (bicyclic) bond motifs is 1. The SMILES string of the molecule is O=[N+]([O-])c1cc(S(=O)(=O)N2CCOCC2)ccc1-n1cnc2ccccc21. The van der Waals surface area contributed by atoms with E-state index in [4.69, 9.17) is 4.74 Å². The number of morpholine rings is 1. The first-order valence-electron chi connectivity index (χ1n) is 8.27. The third-order valence-electron chi connectivity index (χ3n) is 4.46. The maximum Gasteiger partial charge on any atom is 0.294 e. The third kappa shape index (κ3) is 3.07. The van der Waals surface area contributed by atoms with Crippen LogP contribution in [0.5, 0.6) is 0 Å². The van der Waals surface area contributed by atoms with Crippen LogP contribution in [0.25, 0.3) is 16.7 Å². The monoisotopic (exact) mass is 388 g/mol. The van der Waals surface area contributed by atoms with Crippen LogP contribution in [0.15, 0.2) is 53.7 Å². The van der Waals surface area contributed by atoms with Gasteiger partial charge >= 0.3 is 0 Å². The highest BCUT2D eigenvalue weighted by Gasteiger charge is 2.29. The largest absolute Gasteiger partial charge is 0.379 e. The van der Waals surface area contributed by atoms with E-state index in [1.165, 1.54) is 22.8 Å². The van der Waals surface area contributed by atoms with Crippen molar-refractivity contribution in [3.05, 3.63) is 58.9 Å². The third-order valence-corrected chi connectivity index (χ3v) is 6.36. The molecule has 1 aliphatic rings. The fourth-order valence-corrected chi connectivity index (χ4v) is 4.53. The molecule has 4 rings (SSSR count). The molecule has 1 saturated heterocycles. The van der Waals surface area contributed by atoms with Gasteiger partial charge in [0.1, 0.15) is 12.0 Å². The molecule has 1 aliphatic heterocycles. The summed E-state index contributed by atoms with van der Waals surface area (Å²) in [6.07, 6.45) is 1.49. The van der Waals surface area contributed by atoms with Gasteiger partial charge in [0.05, 0.1) is 34.1 Å². The number of rotatable bonds is 4. The number of aromatic nitrogens is 2. The van der Waals surface area contributed by atoms with Crippen LogP contribution in [0.1, 0.15) is 0 Å². The van der Waals surface area contributed by atoms with E-state index in [0.29, 0.717) is 24.2 Å². The van der Waals surface area contributed by atoms with Gasteiger partial charge in [-0.1, -0.05) is 12.1 Å². The van der Waals surface area contributed by atoms with E-state index in [1.54, 1.807) is 16.7 Å². The van der Waals surface area contributed by atoms with Crippen molar-refractivity contribution < 1.29 is 18.1 Å². The number of ether oxygens (including phenoxy) is 1. The van der Waals surface area contributed by atoms with Gasteiger partial charge in [0, 0.05) is 19.2 Å². The first-order valence-corrected chi connectivity index (χ1v) is 9.71. The molecule has 1 fully saturated rings. The summed E-state index contributed by atoms with van der Waals surface area (Å²) in [6.45, 7) is 1.06. The van der Waals surface area contributed by atoms with Crippen LogP contribution in [0.4, 0.5) is 5.69 Å². The minimum atomic E-state index is -3.82. The summed E-state index contributed by atoms with van der Waals surface area (Å²) in [5, 5.41) is 11.7. The lowest BCUT2D eigenvalue weighted by Crippen LogP contribution is -2.40. The van der Waals surface area contributed by atoms with Gasteiger partial charge in [-0.05, 0) is 24.3 Å². The lowest BCUT2D eigenvalue weighted by Gasteiger charge is -2.26. The molecule has 0 bridgehead atoms. The van der Waals surface area contributed by atoms with E-state index in [0.717, 1.165) is 6.07 Å². The minimum Gasteiger partial charge on any atom is -0.379 e. The van der Waals surface area contributed by atoms with Gasteiger partial charge in [-0.3, -0.25) is 14.7 Å². The molecule has 0 N–H and O–H groups in total. The number of nitro groups is 1. The van der Waals surface area contributed by atoms with Crippen LogP contribution in [0.2, 0.25) is 0 Å². The quantitative estimate of drug-likeness (QED) is 0.499. The molecule has 140 valence electrons. The van der Waals surface area contributed by atoms with Crippen LogP contribution in [0, 0.1) is 10.1 Å². The Morgan fingerprint density at radius 2 is 1.85 bits per heavy atom. The van der Waals surface area contributed by atoms with E-state index < -0.39 is 14.9 Å². The number of imidazole rings is 1. The summed E-state index contributed by atoms with van der Waals surface area (Å²) in [6, 6.07) is 11.2. The minimum absolute atomic E-state index is 0.107. The number of sulfonamides is 1. The summed E-state index contributed by atoms with van der Waals surface area (Å²) < 4.78 is 33.6. The summed E-state index contributed by atoms with van der Waals surface area (Å²) in [5.74, 6) is 0. The van der Waals surface area contributed by atoms with Crippen LogP contribution >= 0.6 is 0 Å². The molecule has 9 nitrogen and oxygen atoms in total. The second kappa shape index (κ2) is 6.72. The summed E-state index contributed by atoms with van der Waals surface area (Å²) in [5.41, 5.74) is 1.35. The van der Waals surface area contributed by atoms with Gasteiger partial charge in [-0.25, -0.2) is 13.4 Å². The van der Waals surface area contributed by atoms with E-state index in [-0.39, 0.29) is 29.4 Å². The van der Waals surface area contributed by atoms with Gasteiger partial charge in [0.15, 0.2) is 0 Å². The molecule has 0 spiro atoms. The zero-order valence-electron chi connectivity index (χ0n) is 14.2. The predicted molar refractivity (Wildman–Crippen MR) is 97.3 cm³/mol. The summed E-state index contributed by atoms with van der Waals surface area (Å²) in [4.78, 5) is 15.2. The number of nitro benzene ring substituents is 1. The van der Waals surface area contributed by atoms with Gasteiger partial charge in [-0.2, -0.15) is 4.31 Å². The lowest BCUT2D eigenvalue weighted by molar-refractivity contribution is -0.384. The smallest absolute Gasteiger partial charge is 0.294 e. The topological polar surface area (TPSA) is 108 Å². The van der Waals surface area contributed by atoms with Crippen molar-refractivity contribution in [2.24, 2.45) is 0 Å². The Morgan fingerprint density at radius 3 is 2.59 bits per heavy atom. The van der Waals surface area contributed by atoms with Crippen molar-refractivity contribution in [2.75, 3.05) is 26.3 Å². The Balaban J connectivity index is 1.83. The normalized spacial score (nSPS) is 15.9. The molecular weight excluding hydrogens is 372 g/mol. The molecule has 0 radical (unpaired) electrons. The molecule has 2 heterocycles. The first-order chi connectivity index (χ1) is 13.0. The second-order valence-electron chi connectivity index (χ2n) is 6.03. The number of hydrogen-bond acceptors (Lipinski definition) is 6. The molecule has 0 aliphatic carbocycles. The molecule has 3 aromatic rings. The maximum atomic E-state index is 12.8. The van der Waals surface area contributed by atoms with Crippen LogP contribution < -0.4 is 0 Å². The first kappa shape index (κ1) is 17.6. The Labute approximate surface area is 155 Å². The zero-order chi connectivity index (χ0) is 19.0. The van der Waals surface area contributed by atoms with Crippen molar-refractivity contribution >= 4 is 26.7 Å². The zero-order valence-corrected chi connectivity index (χ0v) is 15.0. The second-order valence-corrected chi connectivity index (χ2v) is 7.97. The predicted octanol–water partition coefficient (Wildman–Crippen LogP) is 1.95. The van der Waals surface area contributed by atoms with E-state index in [1.807, 2.05) is 12.1 Å². The number of benzene rings is 2. The highest BCUT2D eigenvalue weighted by molar-refractivity contribution is 7.89. The molecule has 1 aromatic heterocycles. The highest BCUT2D eigenvalue weighted by Crippen LogP contribution is 2.30. The fraction of sp³-hybridized carbons (Fsp3) is 0.235. The molecule has 0 saturated carbocycles. The van der Waals surface area contributed by atoms with Crippen molar-refractivity contribution in [2.45, 2.75) is 4.90 Å². The lowest BCUT2D eigenvalue weighted by atomic mass is 10.2. The van der Waals surface area contributed by atoms with Gasteiger partial charge < -0.3 is 4.74 Å². The molecule has 2 aromatic carbocycles. The molecule has 10 heteroatoms. The van der Waals surface area contributed by atoms with E-state index >= 15 is 0 Å². The average Bonchev–Trinajstić information content (AvgIpc) is 3.12. The molecular formula is C17H16N4O5S. The number of nitrogens with zero attached hydrogens (tertiary/aromatic N) is 4. The van der Waals surface area contributed by atoms with Crippen LogP contribution in [-0.2, 0) is 14.8 Å². The van der Waals surface area contributed by atoms with Crippen molar-refractivity contribution in [1.29, 1.82) is 0 Å². The Morgan fingerprint density at radius 1 is 1.11 bits per heavy atom. The van der Waals surface area contributed by atoms with Crippen molar-refractivity contribution in [3.8, 4) is 5.69 Å².